The van der Waals surface area contributed by atoms with Crippen LogP contribution in [0.2, 0.25) is 0 Å². The van der Waals surface area contributed by atoms with Crippen LogP contribution in [0, 0.1) is 17.8 Å². The van der Waals surface area contributed by atoms with E-state index in [1.807, 2.05) is 30.1 Å². The molecule has 3 heterocycles. The van der Waals surface area contributed by atoms with Crippen molar-refractivity contribution in [3.8, 4) is 0 Å². The van der Waals surface area contributed by atoms with E-state index >= 15 is 0 Å². The topological polar surface area (TPSA) is 274 Å². The summed E-state index contributed by atoms with van der Waals surface area (Å²) in [6, 6.07) is 5.50. The number of ketones is 2. The lowest BCUT2D eigenvalue weighted by atomic mass is 9.85. The molecule has 5 atom stereocenters. The van der Waals surface area contributed by atoms with E-state index in [9.17, 15) is 33.3 Å². The first kappa shape index (κ1) is 56.1. The number of carbonyl (C=O) groups is 6. The Bertz CT molecular complexity index is 2270. The Balaban J connectivity index is 0.00000109. The minimum atomic E-state index is -3.68. The van der Waals surface area contributed by atoms with Crippen molar-refractivity contribution in [1.29, 1.82) is 0 Å². The van der Waals surface area contributed by atoms with Gasteiger partial charge in [-0.05, 0) is 90.6 Å². The number of ether oxygens (including phenoxy) is 1. The van der Waals surface area contributed by atoms with E-state index in [4.69, 9.17) is 28.5 Å². The van der Waals surface area contributed by atoms with Crippen molar-refractivity contribution in [2.75, 3.05) is 38.3 Å². The number of rotatable bonds is 25. The van der Waals surface area contributed by atoms with E-state index in [0.29, 0.717) is 42.0 Å². The predicted molar refractivity (Wildman–Crippen MR) is 255 cm³/mol. The van der Waals surface area contributed by atoms with Gasteiger partial charge in [-0.2, -0.15) is 4.99 Å². The van der Waals surface area contributed by atoms with Crippen molar-refractivity contribution in [2.24, 2.45) is 22.7 Å². The summed E-state index contributed by atoms with van der Waals surface area (Å²) >= 11 is 0. The number of likely N-dealkylation sites (tertiary alicyclic amines) is 1. The lowest BCUT2D eigenvalue weighted by Crippen LogP contribution is -2.50. The minimum absolute atomic E-state index is 0.00584. The van der Waals surface area contributed by atoms with E-state index < -0.39 is 61.5 Å². The Morgan fingerprint density at radius 1 is 1.00 bits per heavy atom. The Morgan fingerprint density at radius 2 is 1.66 bits per heavy atom. The number of carboxylic acids is 2. The van der Waals surface area contributed by atoms with Gasteiger partial charge in [0.2, 0.25) is 11.9 Å². The third-order valence-electron chi connectivity index (χ3n) is 10.6. The van der Waals surface area contributed by atoms with Crippen LogP contribution in [0.15, 0.2) is 78.5 Å². The molecule has 21 heteroatoms. The number of nitrogens with one attached hydrogen (secondary N) is 3. The lowest BCUT2D eigenvalue weighted by Gasteiger charge is -2.28. The predicted octanol–water partition coefficient (Wildman–Crippen LogP) is 6.64. The molecule has 1 amide bonds. The molecule has 20 nitrogen and oxygen atoms in total. The summed E-state index contributed by atoms with van der Waals surface area (Å²) < 4.78 is 34.0. The van der Waals surface area contributed by atoms with Gasteiger partial charge in [-0.15, -0.1) is 0 Å². The molecule has 0 radical (unpaired) electrons. The van der Waals surface area contributed by atoms with E-state index in [2.05, 4.69) is 44.1 Å². The summed E-state index contributed by atoms with van der Waals surface area (Å²) in [5.74, 6) is -6.03. The number of nitrogens with zero attached hydrogens (tertiary/aromatic N) is 4. The van der Waals surface area contributed by atoms with Crippen molar-refractivity contribution in [1.82, 2.24) is 25.5 Å². The number of unbranched alkanes of at least 4 members (excludes halogenated alkanes) is 1. The van der Waals surface area contributed by atoms with Crippen molar-refractivity contribution in [2.45, 2.75) is 92.8 Å². The standard InChI is InChI=1S/C41H54N7O9P.C6H10O4/c1-9-15-30(16-10-2)25-48-27(6)34(40(52)54-21-13-14-22-57-58(53,55-11-3)56-12-4)35(37(48)29(8)50)39(51)47-41-44-26(5)36-38(46-41)43-24-33(45-36)23-42-32-19-17-31(18-20-32)28(7)49;1-4(6(9)10)2-3-5(7)8/h9-10,15-20,24,27,34-35,37,42H,1,5,11-14,21-23,25H2,2-4,6-8H3,(H2,43,44,46,47,51);4H,2-3H2,1H3,(H,7,8)(H,9,10)/b16-10-,30-15+;. The van der Waals surface area contributed by atoms with Crippen LogP contribution in [0.4, 0.5) is 11.5 Å². The number of phosphoric acid groups is 1. The van der Waals surface area contributed by atoms with Gasteiger partial charge in [-0.3, -0.25) is 52.6 Å². The number of hydrogen-bond donors (Lipinski definition) is 5. The fourth-order valence-corrected chi connectivity index (χ4v) is 8.43. The second kappa shape index (κ2) is 27.6. The number of fused-ring (bicyclic) bond motifs is 1. The van der Waals surface area contributed by atoms with E-state index in [1.54, 1.807) is 57.3 Å². The molecule has 2 aliphatic heterocycles. The molecule has 370 valence electrons. The lowest BCUT2D eigenvalue weighted by molar-refractivity contribution is -0.153. The van der Waals surface area contributed by atoms with Crippen LogP contribution in [0.25, 0.3) is 5.70 Å². The average molecular weight is 966 g/mol. The Morgan fingerprint density at radius 3 is 2.24 bits per heavy atom. The number of benzene rings is 1. The summed E-state index contributed by atoms with van der Waals surface area (Å²) in [7, 11) is -3.68. The number of aliphatic carboxylic acids is 2. The average Bonchev–Trinajstić information content (AvgIpc) is 3.58. The zero-order valence-corrected chi connectivity index (χ0v) is 40.6. The number of Topliss-reactive ketones (excluding diaryl/α,β-unsaturated/α-hetero) is 2. The SMILES string of the molecule is C=C/C=C(\C=C/C)CN1C(C)C(C(=O)OCCCCOP(=O)(OCC)OCC)C(C(=O)NC2=Nc3ncc(CNc4ccc(C(C)=O)cc4)nc3C(=C)N2)C1C(C)=O.CC(CCC(=O)O)C(=O)O. The van der Waals surface area contributed by atoms with Gasteiger partial charge in [-0.1, -0.05) is 44.4 Å². The monoisotopic (exact) mass is 965 g/mol. The van der Waals surface area contributed by atoms with E-state index in [1.165, 1.54) is 20.8 Å². The number of esters is 1. The van der Waals surface area contributed by atoms with Gasteiger partial charge in [-0.25, -0.2) is 14.5 Å². The van der Waals surface area contributed by atoms with Crippen LogP contribution in [0.5, 0.6) is 0 Å². The molecule has 1 aromatic carbocycles. The molecule has 0 spiro atoms. The molecule has 1 aromatic heterocycles. The van der Waals surface area contributed by atoms with Crippen LogP contribution in [0.3, 0.4) is 0 Å². The van der Waals surface area contributed by atoms with Gasteiger partial charge < -0.3 is 25.6 Å². The first-order valence-corrected chi connectivity index (χ1v) is 23.7. The largest absolute Gasteiger partial charge is 0.481 e. The maximum absolute atomic E-state index is 14.3. The fourth-order valence-electron chi connectivity index (χ4n) is 7.22. The summed E-state index contributed by atoms with van der Waals surface area (Å²) in [6.07, 6.45) is 9.60. The zero-order valence-electron chi connectivity index (χ0n) is 39.7. The molecule has 0 aliphatic carbocycles. The first-order chi connectivity index (χ1) is 32.3. The quantitative estimate of drug-likeness (QED) is 0.0229. The highest BCUT2D eigenvalue weighted by atomic mass is 31.2. The molecular formula is C47H64N7O13P. The zero-order chi connectivity index (χ0) is 50.6. The van der Waals surface area contributed by atoms with Crippen molar-refractivity contribution in [3.05, 3.63) is 90.4 Å². The maximum Gasteiger partial charge on any atom is 0.474 e. The van der Waals surface area contributed by atoms with Crippen LogP contribution in [-0.2, 0) is 53.4 Å². The van der Waals surface area contributed by atoms with Gasteiger partial charge in [0.05, 0.1) is 74.4 Å². The van der Waals surface area contributed by atoms with Crippen LogP contribution in [-0.4, -0.2) is 111 Å². The number of aromatic nitrogens is 2. The number of allylic oxidation sites excluding steroid dienone is 3. The van der Waals surface area contributed by atoms with Gasteiger partial charge in [0.25, 0.3) is 0 Å². The highest BCUT2D eigenvalue weighted by Gasteiger charge is 2.56. The Kier molecular flexibility index (Phi) is 22.8. The van der Waals surface area contributed by atoms with Crippen molar-refractivity contribution in [3.63, 3.8) is 0 Å². The third-order valence-corrected chi connectivity index (χ3v) is 12.2. The highest BCUT2D eigenvalue weighted by molar-refractivity contribution is 7.48. The van der Waals surface area contributed by atoms with Crippen LogP contribution < -0.4 is 16.0 Å². The van der Waals surface area contributed by atoms with Gasteiger partial charge in [0.1, 0.15) is 11.5 Å². The molecule has 1 fully saturated rings. The molecule has 68 heavy (non-hydrogen) atoms. The summed E-state index contributed by atoms with van der Waals surface area (Å²) in [6.45, 7) is 20.2. The summed E-state index contributed by atoms with van der Waals surface area (Å²) in [4.78, 5) is 88.7. The maximum atomic E-state index is 14.3. The number of anilines is 1. The number of aliphatic imine (C=N–C) groups is 1. The summed E-state index contributed by atoms with van der Waals surface area (Å²) in [5.41, 5.74) is 3.53. The van der Waals surface area contributed by atoms with Gasteiger partial charge in [0, 0.05) is 30.3 Å². The third kappa shape index (κ3) is 16.9. The molecule has 2 aromatic rings. The molecule has 4 rings (SSSR count). The number of hydrogen-bond acceptors (Lipinski definition) is 17. The first-order valence-electron chi connectivity index (χ1n) is 22.2. The number of guanidine groups is 1. The number of carboxylic acid groups (broad SMARTS) is 2. The van der Waals surface area contributed by atoms with Crippen molar-refractivity contribution >= 4 is 66.4 Å². The Hall–Kier alpha value is -6.18. The molecule has 0 bridgehead atoms. The molecule has 5 unspecified atom stereocenters. The molecule has 0 saturated carbocycles. The normalized spacial score (nSPS) is 18.5. The van der Waals surface area contributed by atoms with Gasteiger partial charge in [0.15, 0.2) is 11.6 Å². The number of amides is 1. The number of carbonyl (C=O) groups excluding carboxylic acids is 4. The molecule has 2 aliphatic rings. The molecule has 5 N–H and O–H groups in total. The summed E-state index contributed by atoms with van der Waals surface area (Å²) in [5, 5.41) is 25.5. The fraction of sp³-hybridized carbons (Fsp3) is 0.468. The molecular weight excluding hydrogens is 902 g/mol. The molecule has 1 saturated heterocycles. The van der Waals surface area contributed by atoms with Crippen LogP contribution >= 0.6 is 7.82 Å². The van der Waals surface area contributed by atoms with E-state index in [-0.39, 0.29) is 69.2 Å². The second-order valence-corrected chi connectivity index (χ2v) is 17.4. The van der Waals surface area contributed by atoms with Crippen molar-refractivity contribution < 1.29 is 61.9 Å². The van der Waals surface area contributed by atoms with E-state index in [0.717, 1.165) is 11.3 Å². The van der Waals surface area contributed by atoms with Gasteiger partial charge >= 0.3 is 25.7 Å². The van der Waals surface area contributed by atoms with Crippen LogP contribution in [0.1, 0.15) is 95.9 Å². The second-order valence-electron chi connectivity index (χ2n) is 15.7. The smallest absolute Gasteiger partial charge is 0.474 e. The number of phosphoric ester groups is 1. The Labute approximate surface area is 397 Å². The minimum Gasteiger partial charge on any atom is -0.481 e. The highest BCUT2D eigenvalue weighted by Crippen LogP contribution is 2.49.